The van der Waals surface area contributed by atoms with Crippen molar-refractivity contribution < 1.29 is 0 Å². The normalized spacial score (nSPS) is 10.4. The number of aromatic nitrogens is 1. The number of hydrogen-bond donors (Lipinski definition) is 2. The molecule has 0 aliphatic rings. The largest absolute Gasteiger partial charge is 0.330 e. The van der Waals surface area contributed by atoms with Crippen molar-refractivity contribution in [1.82, 2.24) is 10.3 Å². The Morgan fingerprint density at radius 3 is 3.18 bits per heavy atom. The fourth-order valence-corrected chi connectivity index (χ4v) is 1.66. The molecule has 1 heterocycles. The maximum atomic E-state index is 5.39. The lowest BCUT2D eigenvalue weighted by Gasteiger charge is -1.91. The molecule has 3 N–H and O–H groups in total. The summed E-state index contributed by atoms with van der Waals surface area (Å²) >= 11 is 1.68. The maximum Gasteiger partial charge on any atom is 0.0941 e. The van der Waals surface area contributed by atoms with Crippen molar-refractivity contribution in [3.8, 4) is 0 Å². The Hall–Kier alpha value is -0.450. The van der Waals surface area contributed by atoms with E-state index in [-0.39, 0.29) is 0 Å². The van der Waals surface area contributed by atoms with Gasteiger partial charge in [0, 0.05) is 18.3 Å². The lowest BCUT2D eigenvalue weighted by atomic mass is 10.4. The third kappa shape index (κ3) is 2.57. The standard InChI is InChI=1S/C7H13N3S/c1-9-4-6-5-11-7(10-6)2-3-8/h5,9H,2-4,8H2,1H3. The van der Waals surface area contributed by atoms with Gasteiger partial charge in [-0.2, -0.15) is 0 Å². The van der Waals surface area contributed by atoms with Crippen LogP contribution in [0.5, 0.6) is 0 Å². The Morgan fingerprint density at radius 2 is 2.55 bits per heavy atom. The molecule has 0 unspecified atom stereocenters. The summed E-state index contributed by atoms with van der Waals surface area (Å²) in [6.45, 7) is 1.54. The van der Waals surface area contributed by atoms with E-state index in [0.717, 1.165) is 23.7 Å². The first-order valence-corrected chi connectivity index (χ1v) is 4.52. The zero-order valence-electron chi connectivity index (χ0n) is 6.63. The molecule has 1 rings (SSSR count). The van der Waals surface area contributed by atoms with Gasteiger partial charge in [0.25, 0.3) is 0 Å². The molecular weight excluding hydrogens is 158 g/mol. The average molecular weight is 171 g/mol. The van der Waals surface area contributed by atoms with Gasteiger partial charge in [0.1, 0.15) is 0 Å². The Labute approximate surface area is 70.6 Å². The summed E-state index contributed by atoms with van der Waals surface area (Å²) in [4.78, 5) is 4.37. The summed E-state index contributed by atoms with van der Waals surface area (Å²) in [5.74, 6) is 0. The van der Waals surface area contributed by atoms with Gasteiger partial charge in [-0.3, -0.25) is 0 Å². The van der Waals surface area contributed by atoms with Crippen molar-refractivity contribution in [2.45, 2.75) is 13.0 Å². The highest BCUT2D eigenvalue weighted by Gasteiger charge is 1.98. The summed E-state index contributed by atoms with van der Waals surface area (Å²) < 4.78 is 0. The molecule has 0 aromatic carbocycles. The first-order valence-electron chi connectivity index (χ1n) is 3.64. The molecule has 0 bridgehead atoms. The van der Waals surface area contributed by atoms with Crippen LogP contribution in [0.15, 0.2) is 5.38 Å². The monoisotopic (exact) mass is 171 g/mol. The van der Waals surface area contributed by atoms with Crippen molar-refractivity contribution in [2.75, 3.05) is 13.6 Å². The van der Waals surface area contributed by atoms with Gasteiger partial charge in [-0.15, -0.1) is 11.3 Å². The molecule has 0 fully saturated rings. The maximum absolute atomic E-state index is 5.39. The molecule has 3 nitrogen and oxygen atoms in total. The van der Waals surface area contributed by atoms with Crippen LogP contribution < -0.4 is 11.1 Å². The molecule has 0 aliphatic carbocycles. The van der Waals surface area contributed by atoms with Gasteiger partial charge >= 0.3 is 0 Å². The van der Waals surface area contributed by atoms with Crippen LogP contribution in [-0.4, -0.2) is 18.6 Å². The van der Waals surface area contributed by atoms with E-state index >= 15 is 0 Å². The van der Waals surface area contributed by atoms with Crippen LogP contribution in [0.2, 0.25) is 0 Å². The highest BCUT2D eigenvalue weighted by atomic mass is 32.1. The van der Waals surface area contributed by atoms with E-state index in [1.807, 2.05) is 7.05 Å². The second-order valence-corrected chi connectivity index (χ2v) is 3.24. The van der Waals surface area contributed by atoms with E-state index in [1.165, 1.54) is 0 Å². The van der Waals surface area contributed by atoms with E-state index in [4.69, 9.17) is 5.73 Å². The van der Waals surface area contributed by atoms with Crippen LogP contribution in [0.3, 0.4) is 0 Å². The van der Waals surface area contributed by atoms with Crippen LogP contribution in [0.1, 0.15) is 10.7 Å². The number of rotatable bonds is 4. The van der Waals surface area contributed by atoms with Gasteiger partial charge in [0.2, 0.25) is 0 Å². The topological polar surface area (TPSA) is 50.9 Å². The van der Waals surface area contributed by atoms with E-state index in [2.05, 4.69) is 15.7 Å². The minimum absolute atomic E-state index is 0.687. The predicted octanol–water partition coefficient (Wildman–Crippen LogP) is 0.364. The summed E-state index contributed by atoms with van der Waals surface area (Å²) in [6.07, 6.45) is 0.897. The van der Waals surface area contributed by atoms with Crippen molar-refractivity contribution in [3.05, 3.63) is 16.1 Å². The molecule has 0 saturated heterocycles. The van der Waals surface area contributed by atoms with Crippen LogP contribution in [0, 0.1) is 0 Å². The zero-order chi connectivity index (χ0) is 8.10. The Balaban J connectivity index is 2.51. The molecule has 0 atom stereocenters. The van der Waals surface area contributed by atoms with E-state index < -0.39 is 0 Å². The molecular formula is C7H13N3S. The highest BCUT2D eigenvalue weighted by Crippen LogP contribution is 2.09. The van der Waals surface area contributed by atoms with Gasteiger partial charge in [-0.25, -0.2) is 4.98 Å². The lowest BCUT2D eigenvalue weighted by molar-refractivity contribution is 0.790. The predicted molar refractivity (Wildman–Crippen MR) is 47.6 cm³/mol. The molecule has 1 aromatic rings. The SMILES string of the molecule is CNCc1csc(CCN)n1. The Morgan fingerprint density at radius 1 is 1.73 bits per heavy atom. The van der Waals surface area contributed by atoms with E-state index in [0.29, 0.717) is 6.54 Å². The van der Waals surface area contributed by atoms with Gasteiger partial charge < -0.3 is 11.1 Å². The first-order chi connectivity index (χ1) is 5.36. The van der Waals surface area contributed by atoms with Crippen molar-refractivity contribution in [3.63, 3.8) is 0 Å². The van der Waals surface area contributed by atoms with Crippen LogP contribution >= 0.6 is 11.3 Å². The van der Waals surface area contributed by atoms with Gasteiger partial charge in [0.05, 0.1) is 10.7 Å². The van der Waals surface area contributed by atoms with Crippen molar-refractivity contribution >= 4 is 11.3 Å². The molecule has 11 heavy (non-hydrogen) atoms. The summed E-state index contributed by atoms with van der Waals surface area (Å²) in [6, 6.07) is 0. The van der Waals surface area contributed by atoms with Crippen LogP contribution in [-0.2, 0) is 13.0 Å². The van der Waals surface area contributed by atoms with Crippen molar-refractivity contribution in [1.29, 1.82) is 0 Å². The molecule has 4 heteroatoms. The third-order valence-electron chi connectivity index (χ3n) is 1.32. The van der Waals surface area contributed by atoms with Crippen molar-refractivity contribution in [2.24, 2.45) is 5.73 Å². The van der Waals surface area contributed by atoms with E-state index in [9.17, 15) is 0 Å². The molecule has 62 valence electrons. The fraction of sp³-hybridized carbons (Fsp3) is 0.571. The molecule has 0 amide bonds. The second kappa shape index (κ2) is 4.43. The summed E-state index contributed by atoms with van der Waals surface area (Å²) in [7, 11) is 1.92. The van der Waals surface area contributed by atoms with Gasteiger partial charge in [-0.1, -0.05) is 0 Å². The molecule has 0 spiro atoms. The third-order valence-corrected chi connectivity index (χ3v) is 2.27. The van der Waals surface area contributed by atoms with Crippen LogP contribution in [0.25, 0.3) is 0 Å². The van der Waals surface area contributed by atoms with Gasteiger partial charge in [-0.05, 0) is 13.6 Å². The minimum atomic E-state index is 0.687. The molecule has 0 aliphatic heterocycles. The molecule has 1 aromatic heterocycles. The lowest BCUT2D eigenvalue weighted by Crippen LogP contribution is -2.06. The number of nitrogens with zero attached hydrogens (tertiary/aromatic N) is 1. The first kappa shape index (κ1) is 8.64. The number of nitrogens with two attached hydrogens (primary N) is 1. The number of nitrogens with one attached hydrogen (secondary N) is 1. The molecule has 0 saturated carbocycles. The minimum Gasteiger partial charge on any atom is -0.330 e. The fourth-order valence-electron chi connectivity index (χ4n) is 0.850. The summed E-state index contributed by atoms with van der Waals surface area (Å²) in [5, 5.41) is 6.26. The highest BCUT2D eigenvalue weighted by molar-refractivity contribution is 7.09. The van der Waals surface area contributed by atoms with E-state index in [1.54, 1.807) is 11.3 Å². The zero-order valence-corrected chi connectivity index (χ0v) is 7.45. The Kier molecular flexibility index (Phi) is 3.48. The second-order valence-electron chi connectivity index (χ2n) is 2.30. The number of hydrogen-bond acceptors (Lipinski definition) is 4. The summed E-state index contributed by atoms with van der Waals surface area (Å²) in [5.41, 5.74) is 6.51. The smallest absolute Gasteiger partial charge is 0.0941 e. The van der Waals surface area contributed by atoms with Gasteiger partial charge in [0.15, 0.2) is 0 Å². The Bertz CT molecular complexity index is 189. The molecule has 0 radical (unpaired) electrons. The number of thiazole rings is 1. The quantitative estimate of drug-likeness (QED) is 0.688. The average Bonchev–Trinajstić information content (AvgIpc) is 2.38. The van der Waals surface area contributed by atoms with Crippen LogP contribution in [0.4, 0.5) is 0 Å².